The van der Waals surface area contributed by atoms with Crippen LogP contribution >= 0.6 is 0 Å². The zero-order valence-electron chi connectivity index (χ0n) is 12.0. The largest absolute Gasteiger partial charge is 0.457 e. The Morgan fingerprint density at radius 2 is 1.70 bits per heavy atom. The van der Waals surface area contributed by atoms with Crippen LogP contribution in [0.5, 0.6) is 0 Å². The second-order valence-electron chi connectivity index (χ2n) is 5.53. The number of ketones is 1. The van der Waals surface area contributed by atoms with E-state index >= 15 is 0 Å². The molecule has 4 rings (SSSR count). The maximum Gasteiger partial charge on any atom is 0.193 e. The van der Waals surface area contributed by atoms with Crippen LogP contribution in [-0.4, -0.2) is 10.9 Å². The Kier molecular flexibility index (Phi) is 2.83. The van der Waals surface area contributed by atoms with Gasteiger partial charge in [0, 0.05) is 6.07 Å². The van der Waals surface area contributed by atoms with E-state index in [1.165, 1.54) is 30.4 Å². The zero-order valence-corrected chi connectivity index (χ0v) is 12.0. The first-order chi connectivity index (χ1) is 11.1. The van der Waals surface area contributed by atoms with Crippen molar-refractivity contribution < 1.29 is 14.3 Å². The maximum atomic E-state index is 12.6. The number of carbonyl (C=O) groups excluding carboxylic acids is 1. The standard InChI is InChI=1S/C19H12O4/c20-13-7-9-19(22,10-8-13)17-11-15(21)18-14-4-2-1-3-12(14)5-6-16(18)23-17/h1-11,22H. The first kappa shape index (κ1) is 13.7. The highest BCUT2D eigenvalue weighted by Gasteiger charge is 2.29. The molecule has 0 spiro atoms. The molecular formula is C19H12O4. The minimum absolute atomic E-state index is 0.0882. The van der Waals surface area contributed by atoms with Crippen molar-refractivity contribution in [2.45, 2.75) is 5.60 Å². The Morgan fingerprint density at radius 1 is 0.957 bits per heavy atom. The average molecular weight is 304 g/mol. The fourth-order valence-electron chi connectivity index (χ4n) is 2.82. The molecule has 1 heterocycles. The van der Waals surface area contributed by atoms with Crippen molar-refractivity contribution >= 4 is 27.5 Å². The van der Waals surface area contributed by atoms with E-state index in [0.29, 0.717) is 11.0 Å². The Bertz CT molecular complexity index is 1050. The summed E-state index contributed by atoms with van der Waals surface area (Å²) in [5.74, 6) is -0.130. The van der Waals surface area contributed by atoms with Gasteiger partial charge in [-0.05, 0) is 41.1 Å². The summed E-state index contributed by atoms with van der Waals surface area (Å²) in [6, 6.07) is 12.4. The molecule has 0 radical (unpaired) electrons. The third kappa shape index (κ3) is 2.12. The minimum atomic E-state index is -1.59. The molecule has 0 unspecified atom stereocenters. The van der Waals surface area contributed by atoms with Crippen LogP contribution in [0.2, 0.25) is 0 Å². The Balaban J connectivity index is 2.01. The molecule has 2 aromatic carbocycles. The van der Waals surface area contributed by atoms with Gasteiger partial charge in [0.2, 0.25) is 0 Å². The fraction of sp³-hybridized carbons (Fsp3) is 0.0526. The summed E-state index contributed by atoms with van der Waals surface area (Å²) in [7, 11) is 0. The third-order valence-electron chi connectivity index (χ3n) is 4.02. The summed E-state index contributed by atoms with van der Waals surface area (Å²) in [6.07, 6.45) is 5.15. The van der Waals surface area contributed by atoms with Crippen molar-refractivity contribution in [3.8, 4) is 0 Å². The van der Waals surface area contributed by atoms with Crippen LogP contribution < -0.4 is 5.43 Å². The normalized spacial score (nSPS) is 16.3. The second kappa shape index (κ2) is 4.76. The third-order valence-corrected chi connectivity index (χ3v) is 4.02. The van der Waals surface area contributed by atoms with Gasteiger partial charge in [-0.3, -0.25) is 9.59 Å². The van der Waals surface area contributed by atoms with E-state index in [-0.39, 0.29) is 17.0 Å². The van der Waals surface area contributed by atoms with E-state index in [0.717, 1.165) is 10.8 Å². The second-order valence-corrected chi connectivity index (χ2v) is 5.53. The minimum Gasteiger partial charge on any atom is -0.457 e. The molecular weight excluding hydrogens is 292 g/mol. The van der Waals surface area contributed by atoms with Crippen molar-refractivity contribution in [2.24, 2.45) is 0 Å². The van der Waals surface area contributed by atoms with Gasteiger partial charge in [0.25, 0.3) is 0 Å². The van der Waals surface area contributed by atoms with Gasteiger partial charge in [-0.2, -0.15) is 0 Å². The van der Waals surface area contributed by atoms with Gasteiger partial charge in [0.1, 0.15) is 11.3 Å². The van der Waals surface area contributed by atoms with Crippen LogP contribution in [0.1, 0.15) is 5.76 Å². The lowest BCUT2D eigenvalue weighted by molar-refractivity contribution is -0.110. The van der Waals surface area contributed by atoms with Crippen molar-refractivity contribution in [3.63, 3.8) is 0 Å². The number of carbonyl (C=O) groups is 1. The summed E-state index contributed by atoms with van der Waals surface area (Å²) in [6.45, 7) is 0. The topological polar surface area (TPSA) is 67.5 Å². The number of fused-ring (bicyclic) bond motifs is 3. The monoisotopic (exact) mass is 304 g/mol. The number of rotatable bonds is 1. The van der Waals surface area contributed by atoms with Crippen LogP contribution in [0, 0.1) is 0 Å². The summed E-state index contributed by atoms with van der Waals surface area (Å²) in [4.78, 5) is 23.8. The van der Waals surface area contributed by atoms with Crippen molar-refractivity contribution in [2.75, 3.05) is 0 Å². The van der Waals surface area contributed by atoms with E-state index in [1.54, 1.807) is 6.07 Å². The van der Waals surface area contributed by atoms with Crippen molar-refractivity contribution in [3.05, 3.63) is 82.8 Å². The molecule has 23 heavy (non-hydrogen) atoms. The number of hydrogen-bond donors (Lipinski definition) is 1. The quantitative estimate of drug-likeness (QED) is 0.702. The number of aliphatic hydroxyl groups is 1. The molecule has 0 saturated heterocycles. The summed E-state index contributed by atoms with van der Waals surface area (Å²) >= 11 is 0. The Labute approximate surface area is 131 Å². The van der Waals surface area contributed by atoms with E-state index in [4.69, 9.17) is 4.42 Å². The number of hydrogen-bond acceptors (Lipinski definition) is 4. The van der Waals surface area contributed by atoms with E-state index in [2.05, 4.69) is 0 Å². The molecule has 4 nitrogen and oxygen atoms in total. The van der Waals surface area contributed by atoms with Gasteiger partial charge >= 0.3 is 0 Å². The number of allylic oxidation sites excluding steroid dienone is 2. The smallest absolute Gasteiger partial charge is 0.193 e. The van der Waals surface area contributed by atoms with Gasteiger partial charge in [-0.25, -0.2) is 0 Å². The van der Waals surface area contributed by atoms with Gasteiger partial charge in [0.15, 0.2) is 16.8 Å². The summed E-state index contributed by atoms with van der Waals surface area (Å²) < 4.78 is 5.76. The van der Waals surface area contributed by atoms with Crippen LogP contribution in [-0.2, 0) is 10.4 Å². The predicted octanol–water partition coefficient (Wildman–Crippen LogP) is 2.83. The highest BCUT2D eigenvalue weighted by Crippen LogP contribution is 2.30. The molecule has 0 bridgehead atoms. The highest BCUT2D eigenvalue weighted by molar-refractivity contribution is 6.05. The number of benzene rings is 2. The molecule has 112 valence electrons. The average Bonchev–Trinajstić information content (AvgIpc) is 2.57. The molecule has 0 aliphatic heterocycles. The van der Waals surface area contributed by atoms with Gasteiger partial charge in [-0.1, -0.05) is 30.3 Å². The van der Waals surface area contributed by atoms with E-state index in [9.17, 15) is 14.7 Å². The van der Waals surface area contributed by atoms with Gasteiger partial charge < -0.3 is 9.52 Å². The molecule has 0 saturated carbocycles. The lowest BCUT2D eigenvalue weighted by atomic mass is 9.94. The molecule has 0 fully saturated rings. The lowest BCUT2D eigenvalue weighted by Crippen LogP contribution is -2.24. The lowest BCUT2D eigenvalue weighted by Gasteiger charge is -2.21. The predicted molar refractivity (Wildman–Crippen MR) is 87.2 cm³/mol. The van der Waals surface area contributed by atoms with Gasteiger partial charge in [-0.15, -0.1) is 0 Å². The molecule has 0 amide bonds. The molecule has 3 aromatic rings. The van der Waals surface area contributed by atoms with E-state index in [1.807, 2.05) is 30.3 Å². The molecule has 1 aliphatic rings. The van der Waals surface area contributed by atoms with Crippen LogP contribution in [0.4, 0.5) is 0 Å². The van der Waals surface area contributed by atoms with Crippen molar-refractivity contribution in [1.29, 1.82) is 0 Å². The first-order valence-corrected chi connectivity index (χ1v) is 7.18. The van der Waals surface area contributed by atoms with Crippen LogP contribution in [0.25, 0.3) is 21.7 Å². The zero-order chi connectivity index (χ0) is 16.0. The molecule has 1 aliphatic carbocycles. The molecule has 4 heteroatoms. The van der Waals surface area contributed by atoms with Gasteiger partial charge in [0.05, 0.1) is 5.39 Å². The SMILES string of the molecule is O=C1C=CC(O)(c2cc(=O)c3c(ccc4ccccc43)o2)C=C1. The highest BCUT2D eigenvalue weighted by atomic mass is 16.4. The molecule has 1 N–H and O–H groups in total. The molecule has 1 aromatic heterocycles. The van der Waals surface area contributed by atoms with E-state index < -0.39 is 5.60 Å². The molecule has 0 atom stereocenters. The summed E-state index contributed by atoms with van der Waals surface area (Å²) in [5.41, 5.74) is -1.42. The summed E-state index contributed by atoms with van der Waals surface area (Å²) in [5, 5.41) is 12.8. The van der Waals surface area contributed by atoms with Crippen molar-refractivity contribution in [1.82, 2.24) is 0 Å². The fourth-order valence-corrected chi connectivity index (χ4v) is 2.82. The Hall–Kier alpha value is -2.98. The van der Waals surface area contributed by atoms with Crippen LogP contribution in [0.15, 0.2) is 76.0 Å². The van der Waals surface area contributed by atoms with Crippen LogP contribution in [0.3, 0.4) is 0 Å². The Morgan fingerprint density at radius 3 is 2.48 bits per heavy atom. The first-order valence-electron chi connectivity index (χ1n) is 7.18. The maximum absolute atomic E-state index is 12.6.